The van der Waals surface area contributed by atoms with Gasteiger partial charge >= 0.3 is 5.97 Å². The molecule has 0 saturated carbocycles. The fourth-order valence-electron chi connectivity index (χ4n) is 1.48. The Morgan fingerprint density at radius 3 is 2.81 bits per heavy atom. The molecular weight excluding hydrogens is 212 g/mol. The number of carbonyl (C=O) groups excluding carboxylic acids is 1. The van der Waals surface area contributed by atoms with Gasteiger partial charge in [-0.2, -0.15) is 0 Å². The maximum absolute atomic E-state index is 11.0. The van der Waals surface area contributed by atoms with Crippen LogP contribution < -0.4 is 0 Å². The molecule has 90 valence electrons. The van der Waals surface area contributed by atoms with Crippen LogP contribution in [0.2, 0.25) is 0 Å². The molecule has 1 aliphatic rings. The van der Waals surface area contributed by atoms with Gasteiger partial charge in [-0.25, -0.2) is 4.79 Å². The molecule has 0 radical (unpaired) electrons. The average Bonchev–Trinajstić information content (AvgIpc) is 2.23. The summed E-state index contributed by atoms with van der Waals surface area (Å²) in [7, 11) is 0. The lowest BCUT2D eigenvalue weighted by molar-refractivity contribution is -0.137. The average molecular weight is 228 g/mol. The summed E-state index contributed by atoms with van der Waals surface area (Å²) in [6.45, 7) is 1.72. The van der Waals surface area contributed by atoms with Crippen LogP contribution in [0.5, 0.6) is 0 Å². The molecule has 0 saturated heterocycles. The highest BCUT2D eigenvalue weighted by Gasteiger charge is 2.29. The van der Waals surface area contributed by atoms with Crippen molar-refractivity contribution >= 4 is 5.97 Å². The van der Waals surface area contributed by atoms with E-state index in [1.54, 1.807) is 13.0 Å². The van der Waals surface area contributed by atoms with Gasteiger partial charge in [-0.15, -0.1) is 0 Å². The van der Waals surface area contributed by atoms with Crippen molar-refractivity contribution in [3.8, 4) is 0 Å². The number of carbonyl (C=O) groups is 1. The molecule has 0 aromatic heterocycles. The third-order valence-electron chi connectivity index (χ3n) is 2.32. The number of rotatable bonds is 3. The molecule has 0 bridgehead atoms. The maximum Gasteiger partial charge on any atom is 0.330 e. The van der Waals surface area contributed by atoms with E-state index in [4.69, 9.17) is 4.74 Å². The standard InChI is InChI=1S/C11H16O5/c1-2-3-10(14)16-6-7-4-8(12)11(15)9(13)5-7/h2-4,8-9,11-13,15H,5-6H2,1H3. The zero-order chi connectivity index (χ0) is 12.1. The number of hydrogen-bond donors (Lipinski definition) is 3. The van der Waals surface area contributed by atoms with Crippen LogP contribution in [-0.4, -0.2) is 46.2 Å². The summed E-state index contributed by atoms with van der Waals surface area (Å²) in [4.78, 5) is 11.0. The molecule has 0 aromatic carbocycles. The van der Waals surface area contributed by atoms with E-state index >= 15 is 0 Å². The quantitative estimate of drug-likeness (QED) is 0.345. The van der Waals surface area contributed by atoms with Gasteiger partial charge in [0.2, 0.25) is 0 Å². The van der Waals surface area contributed by atoms with Gasteiger partial charge in [-0.3, -0.25) is 0 Å². The first kappa shape index (κ1) is 12.9. The van der Waals surface area contributed by atoms with E-state index < -0.39 is 24.3 Å². The van der Waals surface area contributed by atoms with Gasteiger partial charge in [0.05, 0.1) is 6.10 Å². The number of allylic oxidation sites excluding steroid dienone is 1. The Balaban J connectivity index is 2.49. The smallest absolute Gasteiger partial charge is 0.330 e. The summed E-state index contributed by atoms with van der Waals surface area (Å²) >= 11 is 0. The lowest BCUT2D eigenvalue weighted by Gasteiger charge is -2.27. The molecule has 0 fully saturated rings. The number of aliphatic hydroxyl groups excluding tert-OH is 3. The highest BCUT2D eigenvalue weighted by Crippen LogP contribution is 2.19. The van der Waals surface area contributed by atoms with E-state index in [9.17, 15) is 20.1 Å². The van der Waals surface area contributed by atoms with E-state index in [0.29, 0.717) is 5.57 Å². The van der Waals surface area contributed by atoms with Gasteiger partial charge in [0.1, 0.15) is 18.8 Å². The highest BCUT2D eigenvalue weighted by atomic mass is 16.5. The van der Waals surface area contributed by atoms with Crippen LogP contribution in [0.25, 0.3) is 0 Å². The normalized spacial score (nSPS) is 30.2. The Hall–Kier alpha value is -1.17. The van der Waals surface area contributed by atoms with Crippen LogP contribution in [0.4, 0.5) is 0 Å². The van der Waals surface area contributed by atoms with Crippen LogP contribution in [0, 0.1) is 0 Å². The minimum atomic E-state index is -1.17. The number of aliphatic hydroxyl groups is 3. The first-order chi connectivity index (χ1) is 7.54. The lowest BCUT2D eigenvalue weighted by Crippen LogP contribution is -2.40. The first-order valence-electron chi connectivity index (χ1n) is 5.07. The Morgan fingerprint density at radius 2 is 2.25 bits per heavy atom. The summed E-state index contributed by atoms with van der Waals surface area (Å²) in [5, 5.41) is 28.0. The number of hydrogen-bond acceptors (Lipinski definition) is 5. The molecule has 0 aromatic rings. The van der Waals surface area contributed by atoms with Crippen molar-refractivity contribution in [2.45, 2.75) is 31.7 Å². The molecule has 5 nitrogen and oxygen atoms in total. The van der Waals surface area contributed by atoms with Crippen LogP contribution in [-0.2, 0) is 9.53 Å². The summed E-state index contributed by atoms with van der Waals surface area (Å²) in [5.74, 6) is -0.474. The van der Waals surface area contributed by atoms with E-state index in [0.717, 1.165) is 0 Å². The molecular formula is C11H16O5. The van der Waals surface area contributed by atoms with Crippen molar-refractivity contribution in [3.63, 3.8) is 0 Å². The Kier molecular flexibility index (Phi) is 4.67. The topological polar surface area (TPSA) is 87.0 Å². The summed E-state index contributed by atoms with van der Waals surface area (Å²) in [6, 6.07) is 0. The van der Waals surface area contributed by atoms with Crippen LogP contribution in [0.3, 0.4) is 0 Å². The molecule has 1 aliphatic carbocycles. The molecule has 3 unspecified atom stereocenters. The molecule has 3 N–H and O–H groups in total. The molecule has 5 heteroatoms. The van der Waals surface area contributed by atoms with Crippen LogP contribution in [0.15, 0.2) is 23.8 Å². The second-order valence-electron chi connectivity index (χ2n) is 3.69. The number of ether oxygens (including phenoxy) is 1. The largest absolute Gasteiger partial charge is 0.458 e. The van der Waals surface area contributed by atoms with E-state index in [1.165, 1.54) is 12.2 Å². The predicted octanol–water partition coefficient (Wildman–Crippen LogP) is -0.482. The second-order valence-corrected chi connectivity index (χ2v) is 3.69. The van der Waals surface area contributed by atoms with Crippen LogP contribution >= 0.6 is 0 Å². The van der Waals surface area contributed by atoms with Crippen molar-refractivity contribution in [3.05, 3.63) is 23.8 Å². The van der Waals surface area contributed by atoms with Gasteiger partial charge in [-0.05, 0) is 12.5 Å². The minimum Gasteiger partial charge on any atom is -0.458 e. The Morgan fingerprint density at radius 1 is 1.56 bits per heavy atom. The molecule has 1 rings (SSSR count). The molecule has 0 heterocycles. The van der Waals surface area contributed by atoms with E-state index in [2.05, 4.69) is 0 Å². The van der Waals surface area contributed by atoms with Gasteiger partial charge in [-0.1, -0.05) is 12.2 Å². The van der Waals surface area contributed by atoms with Crippen molar-refractivity contribution in [1.82, 2.24) is 0 Å². The summed E-state index contributed by atoms with van der Waals surface area (Å²) in [6.07, 6.45) is 1.14. The highest BCUT2D eigenvalue weighted by molar-refractivity contribution is 5.81. The Labute approximate surface area is 93.7 Å². The summed E-state index contributed by atoms with van der Waals surface area (Å²) < 4.78 is 4.86. The van der Waals surface area contributed by atoms with Gasteiger partial charge < -0.3 is 20.1 Å². The maximum atomic E-state index is 11.0. The molecule has 0 spiro atoms. The minimum absolute atomic E-state index is 0.0179. The van der Waals surface area contributed by atoms with E-state index in [1.807, 2.05) is 0 Å². The zero-order valence-corrected chi connectivity index (χ0v) is 9.04. The summed E-state index contributed by atoms with van der Waals surface area (Å²) in [5.41, 5.74) is 0.600. The predicted molar refractivity (Wildman–Crippen MR) is 56.5 cm³/mol. The van der Waals surface area contributed by atoms with Crippen molar-refractivity contribution in [2.24, 2.45) is 0 Å². The third-order valence-corrected chi connectivity index (χ3v) is 2.32. The SMILES string of the molecule is CC=CC(=O)OCC1=CC(O)C(O)C(O)C1. The van der Waals surface area contributed by atoms with Crippen molar-refractivity contribution in [2.75, 3.05) is 6.61 Å². The zero-order valence-electron chi connectivity index (χ0n) is 9.04. The van der Waals surface area contributed by atoms with E-state index in [-0.39, 0.29) is 13.0 Å². The van der Waals surface area contributed by atoms with Gasteiger partial charge in [0, 0.05) is 12.5 Å². The molecule has 0 aliphatic heterocycles. The third kappa shape index (κ3) is 3.44. The monoisotopic (exact) mass is 228 g/mol. The van der Waals surface area contributed by atoms with Gasteiger partial charge in [0.15, 0.2) is 0 Å². The number of esters is 1. The molecule has 0 amide bonds. The van der Waals surface area contributed by atoms with Gasteiger partial charge in [0.25, 0.3) is 0 Å². The van der Waals surface area contributed by atoms with Crippen molar-refractivity contribution < 1.29 is 24.9 Å². The fourth-order valence-corrected chi connectivity index (χ4v) is 1.48. The van der Waals surface area contributed by atoms with Crippen LogP contribution in [0.1, 0.15) is 13.3 Å². The second kappa shape index (κ2) is 5.79. The molecule has 3 atom stereocenters. The first-order valence-corrected chi connectivity index (χ1v) is 5.07. The lowest BCUT2D eigenvalue weighted by atomic mass is 9.93. The van der Waals surface area contributed by atoms with Crippen molar-refractivity contribution in [1.29, 1.82) is 0 Å². The molecule has 16 heavy (non-hydrogen) atoms. The Bertz CT molecular complexity index is 307. The fraction of sp³-hybridized carbons (Fsp3) is 0.545.